The lowest BCUT2D eigenvalue weighted by Gasteiger charge is -2.28. The third kappa shape index (κ3) is 3.26. The maximum atomic E-state index is 6.24. The predicted octanol–water partition coefficient (Wildman–Crippen LogP) is 4.81. The Morgan fingerprint density at radius 2 is 2.00 bits per heavy atom. The Kier molecular flexibility index (Phi) is 4.46. The van der Waals surface area contributed by atoms with Crippen LogP contribution >= 0.6 is 23.2 Å². The van der Waals surface area contributed by atoms with Crippen LogP contribution in [0.25, 0.3) is 0 Å². The number of anilines is 2. The molecule has 1 aromatic rings. The van der Waals surface area contributed by atoms with Crippen LogP contribution in [0.15, 0.2) is 6.07 Å². The fourth-order valence-corrected chi connectivity index (χ4v) is 3.10. The van der Waals surface area contributed by atoms with Crippen molar-refractivity contribution in [1.29, 1.82) is 0 Å². The zero-order valence-corrected chi connectivity index (χ0v) is 13.2. The molecule has 1 fully saturated rings. The number of hydrogen-bond acceptors (Lipinski definition) is 3. The molecule has 106 valence electrons. The molecule has 0 aromatic carbocycles. The molecule has 1 unspecified atom stereocenters. The van der Waals surface area contributed by atoms with Gasteiger partial charge >= 0.3 is 0 Å². The first kappa shape index (κ1) is 14.7. The molecule has 0 spiro atoms. The number of nitrogens with one attached hydrogen (secondary N) is 2. The van der Waals surface area contributed by atoms with Gasteiger partial charge in [0.25, 0.3) is 0 Å². The first-order valence-corrected chi connectivity index (χ1v) is 7.56. The van der Waals surface area contributed by atoms with Crippen molar-refractivity contribution >= 4 is 34.8 Å². The largest absolute Gasteiger partial charge is 0.369 e. The Hall–Kier alpha value is -0.670. The summed E-state index contributed by atoms with van der Waals surface area (Å²) in [5.74, 6) is 1.41. The molecule has 1 aromatic heterocycles. The summed E-state index contributed by atoms with van der Waals surface area (Å²) in [5, 5.41) is 7.77. The van der Waals surface area contributed by atoms with Crippen LogP contribution in [0.1, 0.15) is 40.0 Å². The highest BCUT2D eigenvalue weighted by atomic mass is 35.5. The average Bonchev–Trinajstić information content (AvgIpc) is 2.65. The fourth-order valence-electron chi connectivity index (χ4n) is 2.62. The molecule has 19 heavy (non-hydrogen) atoms. The highest BCUT2D eigenvalue weighted by molar-refractivity contribution is 6.37. The van der Waals surface area contributed by atoms with Gasteiger partial charge in [0, 0.05) is 12.6 Å². The molecule has 0 aliphatic heterocycles. The van der Waals surface area contributed by atoms with Crippen LogP contribution in [0.3, 0.4) is 0 Å². The van der Waals surface area contributed by atoms with Gasteiger partial charge in [-0.05, 0) is 31.2 Å². The quantitative estimate of drug-likeness (QED) is 0.838. The predicted molar refractivity (Wildman–Crippen MR) is 83.5 cm³/mol. The normalized spacial score (nSPS) is 21.4. The molecule has 1 atom stereocenters. The van der Waals surface area contributed by atoms with Gasteiger partial charge < -0.3 is 10.6 Å². The molecule has 0 radical (unpaired) electrons. The van der Waals surface area contributed by atoms with E-state index in [0.29, 0.717) is 21.9 Å². The first-order chi connectivity index (χ1) is 8.94. The Morgan fingerprint density at radius 1 is 1.32 bits per heavy atom. The van der Waals surface area contributed by atoms with Gasteiger partial charge in [0.15, 0.2) is 0 Å². The lowest BCUT2D eigenvalue weighted by Crippen LogP contribution is -2.31. The van der Waals surface area contributed by atoms with Gasteiger partial charge in [-0.1, -0.05) is 43.5 Å². The molecule has 2 rings (SSSR count). The summed E-state index contributed by atoms with van der Waals surface area (Å²) >= 11 is 12.4. The van der Waals surface area contributed by atoms with E-state index in [1.54, 1.807) is 6.07 Å². The van der Waals surface area contributed by atoms with Gasteiger partial charge in [-0.2, -0.15) is 0 Å². The second kappa shape index (κ2) is 5.76. The standard InChI is InChI=1S/C14H21Cl2N3/c1-4-17-12-9(15)8-10(16)13(19-12)18-11-6-5-7-14(11,2)3/h8,11H,4-7H2,1-3H3,(H2,17,18,19). The van der Waals surface area contributed by atoms with Crippen molar-refractivity contribution in [1.82, 2.24) is 4.98 Å². The lowest BCUT2D eigenvalue weighted by atomic mass is 9.87. The second-order valence-corrected chi connectivity index (χ2v) is 6.57. The highest BCUT2D eigenvalue weighted by Gasteiger charge is 2.34. The Labute approximate surface area is 125 Å². The summed E-state index contributed by atoms with van der Waals surface area (Å²) in [6.45, 7) is 7.36. The van der Waals surface area contributed by atoms with E-state index in [2.05, 4.69) is 29.5 Å². The number of aromatic nitrogens is 1. The monoisotopic (exact) mass is 301 g/mol. The van der Waals surface area contributed by atoms with E-state index in [0.717, 1.165) is 18.8 Å². The molecule has 0 amide bonds. The van der Waals surface area contributed by atoms with Crippen molar-refractivity contribution in [3.8, 4) is 0 Å². The van der Waals surface area contributed by atoms with Crippen molar-refractivity contribution in [2.24, 2.45) is 5.41 Å². The lowest BCUT2D eigenvalue weighted by molar-refractivity contribution is 0.349. The van der Waals surface area contributed by atoms with E-state index in [1.165, 1.54) is 12.8 Å². The third-order valence-corrected chi connectivity index (χ3v) is 4.42. The topological polar surface area (TPSA) is 37.0 Å². The number of pyridine rings is 1. The molecule has 1 aliphatic carbocycles. The molecular weight excluding hydrogens is 281 g/mol. The van der Waals surface area contributed by atoms with Crippen molar-refractivity contribution in [2.75, 3.05) is 17.2 Å². The van der Waals surface area contributed by atoms with Gasteiger partial charge in [-0.3, -0.25) is 0 Å². The van der Waals surface area contributed by atoms with Crippen molar-refractivity contribution < 1.29 is 0 Å². The molecular formula is C14H21Cl2N3. The van der Waals surface area contributed by atoms with E-state index in [9.17, 15) is 0 Å². The summed E-state index contributed by atoms with van der Waals surface area (Å²) in [6.07, 6.45) is 3.63. The molecule has 0 bridgehead atoms. The van der Waals surface area contributed by atoms with Gasteiger partial charge in [0.05, 0.1) is 10.0 Å². The number of halogens is 2. The van der Waals surface area contributed by atoms with Crippen molar-refractivity contribution in [3.05, 3.63) is 16.1 Å². The van der Waals surface area contributed by atoms with Crippen LogP contribution in [0.5, 0.6) is 0 Å². The second-order valence-electron chi connectivity index (χ2n) is 5.76. The molecule has 2 N–H and O–H groups in total. The SMILES string of the molecule is CCNc1nc(NC2CCCC2(C)C)c(Cl)cc1Cl. The Morgan fingerprint density at radius 3 is 2.58 bits per heavy atom. The summed E-state index contributed by atoms with van der Waals surface area (Å²) < 4.78 is 0. The minimum Gasteiger partial charge on any atom is -0.369 e. The third-order valence-electron chi connectivity index (χ3n) is 3.84. The summed E-state index contributed by atoms with van der Waals surface area (Å²) in [6, 6.07) is 2.16. The minimum atomic E-state index is 0.281. The molecule has 1 aliphatic rings. The molecule has 1 heterocycles. The highest BCUT2D eigenvalue weighted by Crippen LogP contribution is 2.40. The summed E-state index contributed by atoms with van der Waals surface area (Å²) in [5.41, 5.74) is 0.281. The van der Waals surface area contributed by atoms with Crippen LogP contribution < -0.4 is 10.6 Å². The zero-order valence-electron chi connectivity index (χ0n) is 11.7. The van der Waals surface area contributed by atoms with E-state index in [-0.39, 0.29) is 5.41 Å². The minimum absolute atomic E-state index is 0.281. The van der Waals surface area contributed by atoms with Crippen LogP contribution in [0.2, 0.25) is 10.0 Å². The number of rotatable bonds is 4. The smallest absolute Gasteiger partial charge is 0.147 e. The molecule has 5 heteroatoms. The van der Waals surface area contributed by atoms with Crippen molar-refractivity contribution in [3.63, 3.8) is 0 Å². The summed E-state index contributed by atoms with van der Waals surface area (Å²) in [4.78, 5) is 4.50. The van der Waals surface area contributed by atoms with E-state index < -0.39 is 0 Å². The molecule has 3 nitrogen and oxygen atoms in total. The number of hydrogen-bond donors (Lipinski definition) is 2. The van der Waals surface area contributed by atoms with Gasteiger partial charge in [0.2, 0.25) is 0 Å². The van der Waals surface area contributed by atoms with E-state index in [4.69, 9.17) is 23.2 Å². The van der Waals surface area contributed by atoms with E-state index >= 15 is 0 Å². The molecule has 1 saturated carbocycles. The van der Waals surface area contributed by atoms with Crippen molar-refractivity contribution in [2.45, 2.75) is 46.1 Å². The Balaban J connectivity index is 2.22. The molecule has 0 saturated heterocycles. The van der Waals surface area contributed by atoms with Gasteiger partial charge in [0.1, 0.15) is 11.6 Å². The zero-order chi connectivity index (χ0) is 14.0. The maximum Gasteiger partial charge on any atom is 0.147 e. The summed E-state index contributed by atoms with van der Waals surface area (Å²) in [7, 11) is 0. The van der Waals surface area contributed by atoms with Gasteiger partial charge in [-0.25, -0.2) is 4.98 Å². The maximum absolute atomic E-state index is 6.24. The Bertz CT molecular complexity index is 460. The van der Waals surface area contributed by atoms with E-state index in [1.807, 2.05) is 6.92 Å². The van der Waals surface area contributed by atoms with Gasteiger partial charge in [-0.15, -0.1) is 0 Å². The average molecular weight is 302 g/mol. The first-order valence-electron chi connectivity index (χ1n) is 6.80. The van der Waals surface area contributed by atoms with Crippen LogP contribution in [-0.2, 0) is 0 Å². The van der Waals surface area contributed by atoms with Crippen LogP contribution in [0, 0.1) is 5.41 Å². The fraction of sp³-hybridized carbons (Fsp3) is 0.643. The van der Waals surface area contributed by atoms with Crippen LogP contribution in [0.4, 0.5) is 11.6 Å². The van der Waals surface area contributed by atoms with Crippen LogP contribution in [-0.4, -0.2) is 17.6 Å². The number of nitrogens with zero attached hydrogens (tertiary/aromatic N) is 1.